The van der Waals surface area contributed by atoms with Gasteiger partial charge in [0.2, 0.25) is 11.9 Å². The van der Waals surface area contributed by atoms with Crippen LogP contribution < -0.4 is 10.2 Å². The molecule has 2 fully saturated rings. The minimum absolute atomic E-state index is 0.108. The van der Waals surface area contributed by atoms with Gasteiger partial charge in [0, 0.05) is 19.7 Å². The molecule has 3 heterocycles. The molecule has 1 saturated carbocycles. The van der Waals surface area contributed by atoms with E-state index in [1.807, 2.05) is 13.1 Å². The van der Waals surface area contributed by atoms with Gasteiger partial charge in [0.25, 0.3) is 0 Å². The average molecular weight is 410 g/mol. The van der Waals surface area contributed by atoms with Crippen LogP contribution in [0.4, 0.5) is 22.0 Å². The van der Waals surface area contributed by atoms with Crippen LogP contribution in [0, 0.1) is 5.82 Å². The number of rotatable bonds is 5. The van der Waals surface area contributed by atoms with E-state index in [4.69, 9.17) is 14.7 Å². The van der Waals surface area contributed by atoms with E-state index < -0.39 is 0 Å². The Labute approximate surface area is 175 Å². The van der Waals surface area contributed by atoms with Crippen molar-refractivity contribution in [2.45, 2.75) is 50.6 Å². The number of nitrogens with zero attached hydrogens (tertiary/aromatic N) is 5. The molecule has 158 valence electrons. The van der Waals surface area contributed by atoms with Crippen LogP contribution in [-0.2, 0) is 4.74 Å². The number of benzene rings is 1. The number of para-hydroxylation sites is 1. The largest absolute Gasteiger partial charge is 0.379 e. The number of imidazole rings is 1. The van der Waals surface area contributed by atoms with E-state index in [0.29, 0.717) is 42.4 Å². The van der Waals surface area contributed by atoms with Gasteiger partial charge in [-0.25, -0.2) is 14.4 Å². The van der Waals surface area contributed by atoms with E-state index >= 15 is 0 Å². The zero-order chi connectivity index (χ0) is 20.5. The van der Waals surface area contributed by atoms with E-state index in [9.17, 15) is 4.39 Å². The maximum absolute atomic E-state index is 14.5. The van der Waals surface area contributed by atoms with Gasteiger partial charge >= 0.3 is 0 Å². The maximum atomic E-state index is 14.5. The predicted molar refractivity (Wildman–Crippen MR) is 115 cm³/mol. The van der Waals surface area contributed by atoms with Crippen molar-refractivity contribution in [3.8, 4) is 0 Å². The highest BCUT2D eigenvalue weighted by molar-refractivity contribution is 5.77. The van der Waals surface area contributed by atoms with Gasteiger partial charge in [-0.2, -0.15) is 4.98 Å². The molecule has 1 aromatic carbocycles. The van der Waals surface area contributed by atoms with Crippen molar-refractivity contribution in [2.24, 2.45) is 0 Å². The van der Waals surface area contributed by atoms with Crippen LogP contribution in [-0.4, -0.2) is 45.8 Å². The van der Waals surface area contributed by atoms with Crippen molar-refractivity contribution in [1.82, 2.24) is 19.5 Å². The Hall–Kier alpha value is -2.74. The van der Waals surface area contributed by atoms with Crippen LogP contribution >= 0.6 is 0 Å². The molecule has 2 aliphatic rings. The van der Waals surface area contributed by atoms with Crippen LogP contribution in [0.5, 0.6) is 0 Å². The number of halogens is 1. The molecule has 1 N–H and O–H groups in total. The minimum atomic E-state index is -0.285. The molecule has 30 heavy (non-hydrogen) atoms. The fraction of sp³-hybridized carbons (Fsp3) is 0.500. The standard InChI is InChI=1S/C22H27FN6O/c1-28(19-10-6-5-9-17(19)23)22-26-18-13-24-21(25-15-7-3-2-4-8-15)27-20(18)29(22)16-11-12-30-14-16/h5-6,9-10,13,15-16H,2-4,7-8,11-12,14H2,1H3,(H,24,25,27). The number of fused-ring (bicyclic) bond motifs is 1. The third-order valence-electron chi connectivity index (χ3n) is 6.14. The summed E-state index contributed by atoms with van der Waals surface area (Å²) >= 11 is 0. The Morgan fingerprint density at radius 3 is 2.73 bits per heavy atom. The third-order valence-corrected chi connectivity index (χ3v) is 6.14. The zero-order valence-electron chi connectivity index (χ0n) is 17.2. The van der Waals surface area contributed by atoms with E-state index in [2.05, 4.69) is 14.9 Å². The second kappa shape index (κ2) is 8.18. The van der Waals surface area contributed by atoms with Crippen LogP contribution in [0.25, 0.3) is 11.2 Å². The monoisotopic (exact) mass is 410 g/mol. The molecule has 1 unspecified atom stereocenters. The summed E-state index contributed by atoms with van der Waals surface area (Å²) in [5.74, 6) is 0.997. The molecule has 1 saturated heterocycles. The molecule has 0 bridgehead atoms. The van der Waals surface area contributed by atoms with E-state index in [1.165, 1.54) is 25.3 Å². The number of hydrogen-bond donors (Lipinski definition) is 1. The summed E-state index contributed by atoms with van der Waals surface area (Å²) in [5.41, 5.74) is 1.94. The number of aromatic nitrogens is 4. The summed E-state index contributed by atoms with van der Waals surface area (Å²) in [6.45, 7) is 1.30. The lowest BCUT2D eigenvalue weighted by Gasteiger charge is -2.23. The van der Waals surface area contributed by atoms with Crippen molar-refractivity contribution in [2.75, 3.05) is 30.5 Å². The molecule has 0 amide bonds. The summed E-state index contributed by atoms with van der Waals surface area (Å²) < 4.78 is 22.2. The number of hydrogen-bond acceptors (Lipinski definition) is 6. The molecule has 8 heteroatoms. The van der Waals surface area contributed by atoms with Gasteiger partial charge < -0.3 is 15.0 Å². The molecule has 1 atom stereocenters. The fourth-order valence-electron chi connectivity index (χ4n) is 4.51. The first-order valence-corrected chi connectivity index (χ1v) is 10.8. The second-order valence-electron chi connectivity index (χ2n) is 8.19. The molecule has 0 radical (unpaired) electrons. The van der Waals surface area contributed by atoms with Gasteiger partial charge in [0.15, 0.2) is 5.65 Å². The van der Waals surface area contributed by atoms with Crippen molar-refractivity contribution < 1.29 is 9.13 Å². The normalized spacial score (nSPS) is 20.0. The third kappa shape index (κ3) is 3.60. The van der Waals surface area contributed by atoms with Gasteiger partial charge in [-0.15, -0.1) is 0 Å². The predicted octanol–water partition coefficient (Wildman–Crippen LogP) is 4.44. The first kappa shape index (κ1) is 19.2. The SMILES string of the molecule is CN(c1ccccc1F)c1nc2cnc(NC3CCCCC3)nc2n1C1CCOC1. The Morgan fingerprint density at radius 1 is 1.13 bits per heavy atom. The summed E-state index contributed by atoms with van der Waals surface area (Å²) in [7, 11) is 1.83. The average Bonchev–Trinajstić information content (AvgIpc) is 3.41. The summed E-state index contributed by atoms with van der Waals surface area (Å²) in [4.78, 5) is 15.9. The maximum Gasteiger partial charge on any atom is 0.224 e. The highest BCUT2D eigenvalue weighted by Gasteiger charge is 2.27. The smallest absolute Gasteiger partial charge is 0.224 e. The van der Waals surface area contributed by atoms with Gasteiger partial charge in [0.05, 0.1) is 24.5 Å². The molecular weight excluding hydrogens is 383 g/mol. The molecule has 5 rings (SSSR count). The van der Waals surface area contributed by atoms with E-state index in [0.717, 1.165) is 24.9 Å². The molecule has 1 aliphatic carbocycles. The van der Waals surface area contributed by atoms with Gasteiger partial charge in [-0.1, -0.05) is 31.4 Å². The van der Waals surface area contributed by atoms with E-state index in [1.54, 1.807) is 23.2 Å². The lowest BCUT2D eigenvalue weighted by molar-refractivity contribution is 0.187. The molecule has 0 spiro atoms. The Bertz CT molecular complexity index is 1030. The van der Waals surface area contributed by atoms with Crippen LogP contribution in [0.1, 0.15) is 44.6 Å². The number of nitrogens with one attached hydrogen (secondary N) is 1. The van der Waals surface area contributed by atoms with Gasteiger partial charge in [-0.05, 0) is 31.4 Å². The fourth-order valence-corrected chi connectivity index (χ4v) is 4.51. The van der Waals surface area contributed by atoms with Crippen molar-refractivity contribution in [3.05, 3.63) is 36.3 Å². The van der Waals surface area contributed by atoms with Crippen LogP contribution in [0.2, 0.25) is 0 Å². The Kier molecular flexibility index (Phi) is 5.25. The summed E-state index contributed by atoms with van der Waals surface area (Å²) in [6.07, 6.45) is 8.73. The van der Waals surface area contributed by atoms with Gasteiger partial charge in [0.1, 0.15) is 11.3 Å². The topological polar surface area (TPSA) is 68.1 Å². The van der Waals surface area contributed by atoms with Crippen molar-refractivity contribution in [1.29, 1.82) is 0 Å². The molecular formula is C22H27FN6O. The summed E-state index contributed by atoms with van der Waals surface area (Å²) in [5, 5.41) is 3.50. The first-order chi connectivity index (χ1) is 14.7. The summed E-state index contributed by atoms with van der Waals surface area (Å²) in [6, 6.07) is 7.26. The van der Waals surface area contributed by atoms with E-state index in [-0.39, 0.29) is 11.9 Å². The molecule has 1 aliphatic heterocycles. The number of ether oxygens (including phenoxy) is 1. The highest BCUT2D eigenvalue weighted by atomic mass is 19.1. The highest BCUT2D eigenvalue weighted by Crippen LogP contribution is 2.34. The minimum Gasteiger partial charge on any atom is -0.379 e. The first-order valence-electron chi connectivity index (χ1n) is 10.8. The van der Waals surface area contributed by atoms with Gasteiger partial charge in [-0.3, -0.25) is 4.57 Å². The molecule has 2 aromatic heterocycles. The Balaban J connectivity index is 1.56. The molecule has 7 nitrogen and oxygen atoms in total. The lowest BCUT2D eigenvalue weighted by atomic mass is 9.96. The van der Waals surface area contributed by atoms with Crippen LogP contribution in [0.3, 0.4) is 0 Å². The second-order valence-corrected chi connectivity index (χ2v) is 8.19. The zero-order valence-corrected chi connectivity index (χ0v) is 17.2. The number of anilines is 3. The van der Waals surface area contributed by atoms with Crippen molar-refractivity contribution in [3.63, 3.8) is 0 Å². The van der Waals surface area contributed by atoms with Crippen molar-refractivity contribution >= 4 is 28.7 Å². The Morgan fingerprint density at radius 2 is 1.97 bits per heavy atom. The molecule has 3 aromatic rings. The quantitative estimate of drug-likeness (QED) is 0.671. The lowest BCUT2D eigenvalue weighted by Crippen LogP contribution is -2.23. The van der Waals surface area contributed by atoms with Crippen LogP contribution in [0.15, 0.2) is 30.5 Å².